The Morgan fingerprint density at radius 3 is 2.58 bits per heavy atom. The predicted molar refractivity (Wildman–Crippen MR) is 77.2 cm³/mol. The van der Waals surface area contributed by atoms with Crippen LogP contribution in [-0.4, -0.2) is 38.8 Å². The number of methoxy groups -OCH3 is 1. The van der Waals surface area contributed by atoms with Gasteiger partial charge in [-0.2, -0.15) is 0 Å². The van der Waals surface area contributed by atoms with Crippen LogP contribution >= 0.6 is 0 Å². The lowest BCUT2D eigenvalue weighted by Crippen LogP contribution is -2.41. The first-order valence-electron chi connectivity index (χ1n) is 6.69. The molecular weight excluding hydrogens is 240 g/mol. The molecule has 1 aromatic rings. The quantitative estimate of drug-likeness (QED) is 0.700. The van der Waals surface area contributed by atoms with Crippen LogP contribution in [0.2, 0.25) is 0 Å². The molecule has 0 saturated carbocycles. The highest BCUT2D eigenvalue weighted by Crippen LogP contribution is 2.18. The maximum atomic E-state index is 11.7. The van der Waals surface area contributed by atoms with Crippen molar-refractivity contribution in [2.45, 2.75) is 25.8 Å². The first kappa shape index (κ1) is 15.7. The normalized spacial score (nSPS) is 13.8. The second-order valence-corrected chi connectivity index (χ2v) is 4.73. The molecule has 0 heterocycles. The van der Waals surface area contributed by atoms with Crippen LogP contribution in [-0.2, 0) is 9.53 Å². The fourth-order valence-corrected chi connectivity index (χ4v) is 1.85. The molecule has 0 aromatic heterocycles. The summed E-state index contributed by atoms with van der Waals surface area (Å²) in [4.78, 5) is 11.7. The molecule has 1 aromatic carbocycles. The van der Waals surface area contributed by atoms with E-state index in [1.165, 1.54) is 5.56 Å². The SMILES string of the molecule is COCCNCC(=O)NC(C)C(C)c1ccccc1. The van der Waals surface area contributed by atoms with Crippen LogP contribution in [0.25, 0.3) is 0 Å². The molecule has 0 aliphatic heterocycles. The van der Waals surface area contributed by atoms with E-state index in [4.69, 9.17) is 4.74 Å². The summed E-state index contributed by atoms with van der Waals surface area (Å²) >= 11 is 0. The fraction of sp³-hybridized carbons (Fsp3) is 0.533. The molecule has 0 saturated heterocycles. The number of hydrogen-bond donors (Lipinski definition) is 2. The standard InChI is InChI=1S/C15H24N2O2/c1-12(14-7-5-4-6-8-14)13(2)17-15(18)11-16-9-10-19-3/h4-8,12-13,16H,9-11H2,1-3H3,(H,17,18). The minimum absolute atomic E-state index is 0.0198. The molecule has 2 N–H and O–H groups in total. The second-order valence-electron chi connectivity index (χ2n) is 4.73. The molecule has 19 heavy (non-hydrogen) atoms. The summed E-state index contributed by atoms with van der Waals surface area (Å²) in [7, 11) is 1.64. The molecule has 4 nitrogen and oxygen atoms in total. The lowest BCUT2D eigenvalue weighted by atomic mass is 9.94. The van der Waals surface area contributed by atoms with Crippen LogP contribution in [0.5, 0.6) is 0 Å². The van der Waals surface area contributed by atoms with Gasteiger partial charge in [-0.3, -0.25) is 4.79 Å². The van der Waals surface area contributed by atoms with Crippen LogP contribution in [0.1, 0.15) is 25.3 Å². The van der Waals surface area contributed by atoms with E-state index in [-0.39, 0.29) is 11.9 Å². The summed E-state index contributed by atoms with van der Waals surface area (Å²) in [5.74, 6) is 0.315. The highest BCUT2D eigenvalue weighted by Gasteiger charge is 2.15. The third-order valence-electron chi connectivity index (χ3n) is 3.23. The van der Waals surface area contributed by atoms with Crippen molar-refractivity contribution in [1.82, 2.24) is 10.6 Å². The fourth-order valence-electron chi connectivity index (χ4n) is 1.85. The Bertz CT molecular complexity index is 368. The van der Waals surface area contributed by atoms with Gasteiger partial charge in [-0.25, -0.2) is 0 Å². The summed E-state index contributed by atoms with van der Waals surface area (Å²) in [6.45, 7) is 5.79. The number of amides is 1. The monoisotopic (exact) mass is 264 g/mol. The maximum Gasteiger partial charge on any atom is 0.234 e. The van der Waals surface area contributed by atoms with Crippen LogP contribution in [0.15, 0.2) is 30.3 Å². The molecule has 0 spiro atoms. The Kier molecular flexibility index (Phi) is 7.15. The second kappa shape index (κ2) is 8.67. The molecule has 2 unspecified atom stereocenters. The summed E-state index contributed by atoms with van der Waals surface area (Å²) in [5, 5.41) is 6.05. The zero-order valence-electron chi connectivity index (χ0n) is 12.0. The average Bonchev–Trinajstić information content (AvgIpc) is 2.43. The van der Waals surface area contributed by atoms with E-state index in [1.807, 2.05) is 25.1 Å². The van der Waals surface area contributed by atoms with Gasteiger partial charge in [-0.05, 0) is 12.5 Å². The zero-order chi connectivity index (χ0) is 14.1. The van der Waals surface area contributed by atoms with Crippen molar-refractivity contribution >= 4 is 5.91 Å². The van der Waals surface area contributed by atoms with Gasteiger partial charge in [0.05, 0.1) is 13.2 Å². The van der Waals surface area contributed by atoms with Crippen molar-refractivity contribution in [2.75, 3.05) is 26.8 Å². The number of benzene rings is 1. The molecule has 0 aliphatic rings. The van der Waals surface area contributed by atoms with Gasteiger partial charge in [0.2, 0.25) is 5.91 Å². The third-order valence-corrected chi connectivity index (χ3v) is 3.23. The maximum absolute atomic E-state index is 11.7. The van der Waals surface area contributed by atoms with Crippen molar-refractivity contribution < 1.29 is 9.53 Å². The third kappa shape index (κ3) is 5.85. The summed E-state index contributed by atoms with van der Waals surface area (Å²) in [6.07, 6.45) is 0. The van der Waals surface area contributed by atoms with E-state index in [2.05, 4.69) is 29.7 Å². The van der Waals surface area contributed by atoms with E-state index in [9.17, 15) is 4.79 Å². The van der Waals surface area contributed by atoms with Crippen LogP contribution in [0, 0.1) is 0 Å². The molecule has 0 radical (unpaired) electrons. The van der Waals surface area contributed by atoms with Gasteiger partial charge in [0.15, 0.2) is 0 Å². The lowest BCUT2D eigenvalue weighted by Gasteiger charge is -2.21. The van der Waals surface area contributed by atoms with E-state index in [1.54, 1.807) is 7.11 Å². The van der Waals surface area contributed by atoms with Crippen LogP contribution in [0.3, 0.4) is 0 Å². The van der Waals surface area contributed by atoms with Gasteiger partial charge in [0.25, 0.3) is 0 Å². The number of hydrogen-bond acceptors (Lipinski definition) is 3. The molecule has 1 amide bonds. The van der Waals surface area contributed by atoms with Gasteiger partial charge >= 0.3 is 0 Å². The Hall–Kier alpha value is -1.39. The van der Waals surface area contributed by atoms with E-state index in [0.29, 0.717) is 25.6 Å². The Morgan fingerprint density at radius 2 is 1.95 bits per heavy atom. The number of rotatable bonds is 8. The highest BCUT2D eigenvalue weighted by molar-refractivity contribution is 5.78. The van der Waals surface area contributed by atoms with Crippen molar-refractivity contribution in [3.05, 3.63) is 35.9 Å². The topological polar surface area (TPSA) is 50.4 Å². The molecule has 0 fully saturated rings. The number of carbonyl (C=O) groups is 1. The molecule has 0 aliphatic carbocycles. The Balaban J connectivity index is 2.33. The average molecular weight is 264 g/mol. The highest BCUT2D eigenvalue weighted by atomic mass is 16.5. The summed E-state index contributed by atoms with van der Waals surface area (Å²) in [6, 6.07) is 10.3. The predicted octanol–water partition coefficient (Wildman–Crippen LogP) is 1.53. The van der Waals surface area contributed by atoms with Gasteiger partial charge in [-0.1, -0.05) is 37.3 Å². The van der Waals surface area contributed by atoms with Crippen molar-refractivity contribution in [3.8, 4) is 0 Å². The molecule has 2 atom stereocenters. The van der Waals surface area contributed by atoms with Crippen molar-refractivity contribution in [1.29, 1.82) is 0 Å². The van der Waals surface area contributed by atoms with E-state index < -0.39 is 0 Å². The molecular formula is C15H24N2O2. The van der Waals surface area contributed by atoms with E-state index in [0.717, 1.165) is 0 Å². The number of nitrogens with one attached hydrogen (secondary N) is 2. The number of carbonyl (C=O) groups excluding carboxylic acids is 1. The minimum atomic E-state index is 0.0198. The lowest BCUT2D eigenvalue weighted by molar-refractivity contribution is -0.121. The largest absolute Gasteiger partial charge is 0.383 e. The smallest absolute Gasteiger partial charge is 0.234 e. The Labute approximate surface area is 115 Å². The molecule has 1 rings (SSSR count). The minimum Gasteiger partial charge on any atom is -0.383 e. The van der Waals surface area contributed by atoms with Gasteiger partial charge < -0.3 is 15.4 Å². The van der Waals surface area contributed by atoms with Gasteiger partial charge in [-0.15, -0.1) is 0 Å². The first-order valence-corrected chi connectivity index (χ1v) is 6.69. The Morgan fingerprint density at radius 1 is 1.26 bits per heavy atom. The van der Waals surface area contributed by atoms with Crippen molar-refractivity contribution in [2.24, 2.45) is 0 Å². The van der Waals surface area contributed by atoms with E-state index >= 15 is 0 Å². The van der Waals surface area contributed by atoms with Crippen LogP contribution < -0.4 is 10.6 Å². The molecule has 4 heteroatoms. The molecule has 0 bridgehead atoms. The number of ether oxygens (including phenoxy) is 1. The van der Waals surface area contributed by atoms with Gasteiger partial charge in [0.1, 0.15) is 0 Å². The van der Waals surface area contributed by atoms with Gasteiger partial charge in [0, 0.05) is 25.6 Å². The zero-order valence-corrected chi connectivity index (χ0v) is 12.0. The molecule has 106 valence electrons. The summed E-state index contributed by atoms with van der Waals surface area (Å²) in [5.41, 5.74) is 1.24. The van der Waals surface area contributed by atoms with Crippen LogP contribution in [0.4, 0.5) is 0 Å². The summed E-state index contributed by atoms with van der Waals surface area (Å²) < 4.78 is 4.91. The first-order chi connectivity index (χ1) is 9.15. The van der Waals surface area contributed by atoms with Crippen molar-refractivity contribution in [3.63, 3.8) is 0 Å².